The number of rotatable bonds is 1. The summed E-state index contributed by atoms with van der Waals surface area (Å²) in [6.45, 7) is 0.244. The number of pyridine rings is 2. The highest BCUT2D eigenvalue weighted by Gasteiger charge is 2.01. The van der Waals surface area contributed by atoms with Crippen molar-refractivity contribution in [2.24, 2.45) is 5.73 Å². The Labute approximate surface area is 85.7 Å². The summed E-state index contributed by atoms with van der Waals surface area (Å²) in [7, 11) is 0. The van der Waals surface area contributed by atoms with E-state index in [0.29, 0.717) is 10.6 Å². The van der Waals surface area contributed by atoms with Crippen LogP contribution in [-0.2, 0) is 6.54 Å². The van der Waals surface area contributed by atoms with Gasteiger partial charge in [0.1, 0.15) is 0 Å². The number of hydrogen-bond acceptors (Lipinski definition) is 2. The average molecular weight is 209 g/mol. The van der Waals surface area contributed by atoms with Crippen LogP contribution in [0.2, 0.25) is 5.02 Å². The molecule has 0 aliphatic carbocycles. The number of halogens is 1. The topological polar surface area (TPSA) is 47.5 Å². The second-order valence-corrected chi connectivity index (χ2v) is 3.45. The Hall–Kier alpha value is -1.32. The monoisotopic (exact) mass is 208 g/mol. The minimum atomic E-state index is -0.104. The van der Waals surface area contributed by atoms with E-state index in [1.54, 1.807) is 24.4 Å². The van der Waals surface area contributed by atoms with Gasteiger partial charge in [0.25, 0.3) is 5.56 Å². The second-order valence-electron chi connectivity index (χ2n) is 3.01. The van der Waals surface area contributed by atoms with Gasteiger partial charge in [-0.1, -0.05) is 17.7 Å². The maximum absolute atomic E-state index is 11.7. The van der Waals surface area contributed by atoms with Crippen LogP contribution >= 0.6 is 11.6 Å². The molecule has 0 atom stereocenters. The number of hydrogen-bond donors (Lipinski definition) is 1. The van der Waals surface area contributed by atoms with Gasteiger partial charge in [0, 0.05) is 23.8 Å². The summed E-state index contributed by atoms with van der Waals surface area (Å²) >= 11 is 5.80. The maximum Gasteiger partial charge on any atom is 0.259 e. The predicted molar refractivity (Wildman–Crippen MR) is 56.6 cm³/mol. The number of nitrogens with two attached hydrogens (primary N) is 1. The van der Waals surface area contributed by atoms with Crippen LogP contribution in [0.5, 0.6) is 0 Å². The molecule has 2 aromatic heterocycles. The van der Waals surface area contributed by atoms with Crippen molar-refractivity contribution in [1.29, 1.82) is 0 Å². The molecule has 0 spiro atoms. The van der Waals surface area contributed by atoms with E-state index in [1.165, 1.54) is 4.40 Å². The Morgan fingerprint density at radius 2 is 2.00 bits per heavy atom. The van der Waals surface area contributed by atoms with E-state index in [-0.39, 0.29) is 12.1 Å². The Bertz CT molecular complexity index is 533. The van der Waals surface area contributed by atoms with E-state index < -0.39 is 0 Å². The first-order chi connectivity index (χ1) is 6.72. The molecule has 0 radical (unpaired) electrons. The van der Waals surface area contributed by atoms with Gasteiger partial charge < -0.3 is 5.73 Å². The third-order valence-corrected chi connectivity index (χ3v) is 2.34. The van der Waals surface area contributed by atoms with Crippen molar-refractivity contribution in [1.82, 2.24) is 4.40 Å². The number of nitrogens with zero attached hydrogens (tertiary/aromatic N) is 1. The Balaban J connectivity index is 2.87. The van der Waals surface area contributed by atoms with E-state index in [0.717, 1.165) is 5.52 Å². The first kappa shape index (κ1) is 9.24. The van der Waals surface area contributed by atoms with Gasteiger partial charge >= 0.3 is 0 Å². The molecular weight excluding hydrogens is 200 g/mol. The lowest BCUT2D eigenvalue weighted by atomic mass is 10.2. The van der Waals surface area contributed by atoms with Gasteiger partial charge in [0.2, 0.25) is 0 Å². The first-order valence-electron chi connectivity index (χ1n) is 4.22. The van der Waals surface area contributed by atoms with Crippen LogP contribution in [0.15, 0.2) is 35.3 Å². The summed E-state index contributed by atoms with van der Waals surface area (Å²) in [5.41, 5.74) is 6.73. The van der Waals surface area contributed by atoms with Gasteiger partial charge in [-0.2, -0.15) is 0 Å². The third kappa shape index (κ3) is 1.41. The zero-order valence-corrected chi connectivity index (χ0v) is 8.16. The molecule has 0 aromatic carbocycles. The smallest absolute Gasteiger partial charge is 0.259 e. The quantitative estimate of drug-likeness (QED) is 0.771. The molecule has 2 N–H and O–H groups in total. The standard InChI is InChI=1S/C10H9ClN2O/c11-8-2-4-9-3-1-7(5-12)10(14)13(9)6-8/h1-4,6H,5,12H2. The summed E-state index contributed by atoms with van der Waals surface area (Å²) in [6, 6.07) is 7.13. The molecule has 2 aromatic rings. The summed E-state index contributed by atoms with van der Waals surface area (Å²) in [5, 5.41) is 0.536. The van der Waals surface area contributed by atoms with Gasteiger partial charge in [0.15, 0.2) is 0 Å². The fourth-order valence-electron chi connectivity index (χ4n) is 1.37. The molecule has 2 heterocycles. The Morgan fingerprint density at radius 3 is 2.71 bits per heavy atom. The molecule has 4 heteroatoms. The third-order valence-electron chi connectivity index (χ3n) is 2.11. The van der Waals surface area contributed by atoms with Gasteiger partial charge in [-0.3, -0.25) is 9.20 Å². The molecule has 0 fully saturated rings. The van der Waals surface area contributed by atoms with Gasteiger partial charge in [-0.25, -0.2) is 0 Å². The molecule has 0 unspecified atom stereocenters. The van der Waals surface area contributed by atoms with E-state index in [9.17, 15) is 4.79 Å². The summed E-state index contributed by atoms with van der Waals surface area (Å²) in [6.07, 6.45) is 1.60. The molecule has 3 nitrogen and oxygen atoms in total. The molecule has 72 valence electrons. The highest BCUT2D eigenvalue weighted by molar-refractivity contribution is 6.30. The van der Waals surface area contributed by atoms with Gasteiger partial charge in [0.05, 0.1) is 5.02 Å². The van der Waals surface area contributed by atoms with Crippen LogP contribution in [0.25, 0.3) is 5.52 Å². The summed E-state index contributed by atoms with van der Waals surface area (Å²) in [4.78, 5) is 11.7. The molecule has 2 rings (SSSR count). The lowest BCUT2D eigenvalue weighted by Gasteiger charge is -2.02. The highest BCUT2D eigenvalue weighted by atomic mass is 35.5. The van der Waals surface area contributed by atoms with Crippen molar-refractivity contribution in [3.8, 4) is 0 Å². The first-order valence-corrected chi connectivity index (χ1v) is 4.60. The molecule has 0 saturated heterocycles. The van der Waals surface area contributed by atoms with Crippen molar-refractivity contribution in [2.45, 2.75) is 6.54 Å². The highest BCUT2D eigenvalue weighted by Crippen LogP contribution is 2.09. The van der Waals surface area contributed by atoms with Crippen molar-refractivity contribution in [3.05, 3.63) is 51.4 Å². The predicted octanol–water partition coefficient (Wildman–Crippen LogP) is 1.41. The number of aromatic nitrogens is 1. The average Bonchev–Trinajstić information content (AvgIpc) is 2.20. The lowest BCUT2D eigenvalue weighted by Crippen LogP contribution is -2.20. The zero-order chi connectivity index (χ0) is 10.1. The van der Waals surface area contributed by atoms with E-state index >= 15 is 0 Å². The SMILES string of the molecule is NCc1ccc2ccc(Cl)cn2c1=O. The van der Waals surface area contributed by atoms with Crippen molar-refractivity contribution >= 4 is 17.1 Å². The maximum atomic E-state index is 11.7. The summed E-state index contributed by atoms with van der Waals surface area (Å²) < 4.78 is 1.50. The molecular formula is C10H9ClN2O. The van der Waals surface area contributed by atoms with E-state index in [1.807, 2.05) is 6.07 Å². The Morgan fingerprint density at radius 1 is 1.29 bits per heavy atom. The van der Waals surface area contributed by atoms with E-state index in [4.69, 9.17) is 17.3 Å². The fourth-order valence-corrected chi connectivity index (χ4v) is 1.53. The van der Waals surface area contributed by atoms with Crippen LogP contribution < -0.4 is 11.3 Å². The normalized spacial score (nSPS) is 10.7. The molecule has 0 amide bonds. The van der Waals surface area contributed by atoms with Crippen molar-refractivity contribution in [3.63, 3.8) is 0 Å². The van der Waals surface area contributed by atoms with Gasteiger partial charge in [-0.05, 0) is 18.2 Å². The van der Waals surface area contributed by atoms with Crippen LogP contribution in [0.3, 0.4) is 0 Å². The summed E-state index contributed by atoms with van der Waals surface area (Å²) in [5.74, 6) is 0. The molecule has 0 bridgehead atoms. The van der Waals surface area contributed by atoms with Crippen LogP contribution in [0.1, 0.15) is 5.56 Å². The molecule has 0 saturated carbocycles. The largest absolute Gasteiger partial charge is 0.326 e. The van der Waals surface area contributed by atoms with Crippen molar-refractivity contribution in [2.75, 3.05) is 0 Å². The zero-order valence-electron chi connectivity index (χ0n) is 7.40. The van der Waals surface area contributed by atoms with Crippen LogP contribution in [0.4, 0.5) is 0 Å². The minimum Gasteiger partial charge on any atom is -0.326 e. The Kier molecular flexibility index (Phi) is 2.27. The molecule has 14 heavy (non-hydrogen) atoms. The van der Waals surface area contributed by atoms with E-state index in [2.05, 4.69) is 0 Å². The number of fused-ring (bicyclic) bond motifs is 1. The molecule has 0 aliphatic rings. The lowest BCUT2D eigenvalue weighted by molar-refractivity contribution is 0.980. The van der Waals surface area contributed by atoms with Crippen LogP contribution in [0, 0.1) is 0 Å². The second kappa shape index (κ2) is 3.44. The van der Waals surface area contributed by atoms with Gasteiger partial charge in [-0.15, -0.1) is 0 Å². The molecule has 0 aliphatic heterocycles. The fraction of sp³-hybridized carbons (Fsp3) is 0.100. The van der Waals surface area contributed by atoms with Crippen LogP contribution in [-0.4, -0.2) is 4.40 Å². The van der Waals surface area contributed by atoms with Crippen molar-refractivity contribution < 1.29 is 0 Å². The minimum absolute atomic E-state index is 0.104.